The van der Waals surface area contributed by atoms with Crippen LogP contribution in [-0.4, -0.2) is 23.0 Å². The van der Waals surface area contributed by atoms with Crippen molar-refractivity contribution in [3.8, 4) is 0 Å². The molecular weight excluding hydrogens is 242 g/mol. The molecule has 1 unspecified atom stereocenters. The van der Waals surface area contributed by atoms with E-state index in [0.29, 0.717) is 12.8 Å². The van der Waals surface area contributed by atoms with Crippen molar-refractivity contribution in [2.24, 2.45) is 0 Å². The van der Waals surface area contributed by atoms with Crippen LogP contribution in [0.25, 0.3) is 0 Å². The van der Waals surface area contributed by atoms with E-state index in [-0.39, 0.29) is 11.8 Å². The van der Waals surface area contributed by atoms with Crippen LogP contribution in [0.2, 0.25) is 0 Å². The van der Waals surface area contributed by atoms with Gasteiger partial charge >= 0.3 is 5.97 Å². The Labute approximate surface area is 113 Å². The van der Waals surface area contributed by atoms with Crippen molar-refractivity contribution >= 4 is 11.9 Å². The Morgan fingerprint density at radius 3 is 2.32 bits per heavy atom. The first-order valence-electron chi connectivity index (χ1n) is 6.68. The summed E-state index contributed by atoms with van der Waals surface area (Å²) in [7, 11) is 0. The number of nitrogens with one attached hydrogen (secondary N) is 1. The summed E-state index contributed by atoms with van der Waals surface area (Å²) in [4.78, 5) is 23.2. The van der Waals surface area contributed by atoms with Crippen LogP contribution < -0.4 is 5.32 Å². The lowest BCUT2D eigenvalue weighted by Gasteiger charge is -2.19. The molecule has 0 aliphatic carbocycles. The maximum Gasteiger partial charge on any atom is 0.326 e. The molecule has 0 aromatic heterocycles. The van der Waals surface area contributed by atoms with Gasteiger partial charge in [0.05, 0.1) is 5.92 Å². The second-order valence-electron chi connectivity index (χ2n) is 4.56. The van der Waals surface area contributed by atoms with Crippen LogP contribution in [0.15, 0.2) is 30.3 Å². The number of amides is 1. The van der Waals surface area contributed by atoms with Gasteiger partial charge in [-0.2, -0.15) is 0 Å². The van der Waals surface area contributed by atoms with Gasteiger partial charge < -0.3 is 10.4 Å². The molecule has 1 rings (SSSR count). The van der Waals surface area contributed by atoms with E-state index in [4.69, 9.17) is 5.11 Å². The number of carbonyl (C=O) groups excluding carboxylic acids is 1. The molecule has 4 heteroatoms. The van der Waals surface area contributed by atoms with Crippen LogP contribution in [0.3, 0.4) is 0 Å². The topological polar surface area (TPSA) is 66.4 Å². The van der Waals surface area contributed by atoms with Gasteiger partial charge in [0.15, 0.2) is 0 Å². The van der Waals surface area contributed by atoms with Crippen LogP contribution >= 0.6 is 0 Å². The van der Waals surface area contributed by atoms with Gasteiger partial charge in [-0.15, -0.1) is 0 Å². The summed E-state index contributed by atoms with van der Waals surface area (Å²) in [5.74, 6) is -1.48. The van der Waals surface area contributed by atoms with Crippen LogP contribution in [0, 0.1) is 0 Å². The van der Waals surface area contributed by atoms with E-state index in [1.165, 1.54) is 0 Å². The number of aliphatic carboxylic acids is 1. The third-order valence-corrected chi connectivity index (χ3v) is 3.12. The van der Waals surface area contributed by atoms with Crippen molar-refractivity contribution in [3.05, 3.63) is 35.9 Å². The third kappa shape index (κ3) is 4.39. The molecule has 0 aliphatic heterocycles. The number of hydrogen-bond donors (Lipinski definition) is 2. The predicted molar refractivity (Wildman–Crippen MR) is 73.9 cm³/mol. The molecule has 2 N–H and O–H groups in total. The SMILES string of the molecule is CCC[C@@H](NC(=O)C(CC)c1ccccc1)C(=O)O. The average molecular weight is 263 g/mol. The fraction of sp³-hybridized carbons (Fsp3) is 0.467. The number of carbonyl (C=O) groups is 2. The summed E-state index contributed by atoms with van der Waals surface area (Å²) >= 11 is 0. The molecule has 104 valence electrons. The minimum absolute atomic E-state index is 0.213. The zero-order valence-corrected chi connectivity index (χ0v) is 11.4. The molecule has 1 amide bonds. The summed E-state index contributed by atoms with van der Waals surface area (Å²) in [6, 6.07) is 8.64. The molecule has 0 saturated heterocycles. The van der Waals surface area contributed by atoms with Crippen molar-refractivity contribution < 1.29 is 14.7 Å². The molecule has 0 bridgehead atoms. The van der Waals surface area contributed by atoms with E-state index in [1.807, 2.05) is 44.2 Å². The number of hydrogen-bond acceptors (Lipinski definition) is 2. The summed E-state index contributed by atoms with van der Waals surface area (Å²) in [6.45, 7) is 3.82. The Hall–Kier alpha value is -1.84. The van der Waals surface area contributed by atoms with E-state index in [0.717, 1.165) is 12.0 Å². The number of carboxylic acids is 1. The average Bonchev–Trinajstić information content (AvgIpc) is 2.40. The lowest BCUT2D eigenvalue weighted by atomic mass is 9.95. The Bertz CT molecular complexity index is 417. The molecule has 0 aliphatic rings. The normalized spacial score (nSPS) is 13.6. The Kier molecular flexibility index (Phi) is 6.06. The van der Waals surface area contributed by atoms with Gasteiger partial charge in [0.25, 0.3) is 0 Å². The molecule has 1 aromatic carbocycles. The van der Waals surface area contributed by atoms with Gasteiger partial charge in [-0.3, -0.25) is 4.79 Å². The number of benzene rings is 1. The fourth-order valence-electron chi connectivity index (χ4n) is 2.08. The lowest BCUT2D eigenvalue weighted by Crippen LogP contribution is -2.42. The van der Waals surface area contributed by atoms with Gasteiger partial charge in [-0.05, 0) is 18.4 Å². The van der Waals surface area contributed by atoms with E-state index in [2.05, 4.69) is 5.32 Å². The van der Waals surface area contributed by atoms with Crippen molar-refractivity contribution in [3.63, 3.8) is 0 Å². The van der Waals surface area contributed by atoms with E-state index in [1.54, 1.807) is 0 Å². The molecule has 0 spiro atoms. The molecule has 19 heavy (non-hydrogen) atoms. The molecule has 1 aromatic rings. The van der Waals surface area contributed by atoms with Crippen LogP contribution in [0.1, 0.15) is 44.6 Å². The summed E-state index contributed by atoms with van der Waals surface area (Å²) in [5.41, 5.74) is 0.920. The van der Waals surface area contributed by atoms with Crippen molar-refractivity contribution in [1.82, 2.24) is 5.32 Å². The predicted octanol–water partition coefficient (Wildman–Crippen LogP) is 2.55. The first-order chi connectivity index (χ1) is 9.10. The maximum atomic E-state index is 12.2. The largest absolute Gasteiger partial charge is 0.480 e. The maximum absolute atomic E-state index is 12.2. The monoisotopic (exact) mass is 263 g/mol. The van der Waals surface area contributed by atoms with Crippen molar-refractivity contribution in [2.45, 2.75) is 45.1 Å². The highest BCUT2D eigenvalue weighted by Crippen LogP contribution is 2.19. The zero-order chi connectivity index (χ0) is 14.3. The minimum Gasteiger partial charge on any atom is -0.480 e. The fourth-order valence-corrected chi connectivity index (χ4v) is 2.08. The van der Waals surface area contributed by atoms with Gasteiger partial charge in [0, 0.05) is 0 Å². The summed E-state index contributed by atoms with van der Waals surface area (Å²) < 4.78 is 0. The summed E-state index contributed by atoms with van der Waals surface area (Å²) in [5, 5.41) is 11.7. The second kappa shape index (κ2) is 7.56. The third-order valence-electron chi connectivity index (χ3n) is 3.12. The molecular formula is C15H21NO3. The molecule has 0 heterocycles. The molecule has 2 atom stereocenters. The van der Waals surface area contributed by atoms with Crippen LogP contribution in [0.5, 0.6) is 0 Å². The highest BCUT2D eigenvalue weighted by atomic mass is 16.4. The van der Waals surface area contributed by atoms with Crippen molar-refractivity contribution in [2.75, 3.05) is 0 Å². The zero-order valence-electron chi connectivity index (χ0n) is 11.4. The lowest BCUT2D eigenvalue weighted by molar-refractivity contribution is -0.142. The van der Waals surface area contributed by atoms with E-state index < -0.39 is 12.0 Å². The van der Waals surface area contributed by atoms with E-state index in [9.17, 15) is 9.59 Å². The minimum atomic E-state index is -0.974. The standard InChI is InChI=1S/C15H21NO3/c1-3-8-13(15(18)19)16-14(17)12(4-2)11-9-6-5-7-10-11/h5-7,9-10,12-13H,3-4,8H2,1-2H3,(H,16,17)(H,18,19)/t12?,13-/m1/s1. The first kappa shape index (κ1) is 15.2. The number of carboxylic acid groups (broad SMARTS) is 1. The highest BCUT2D eigenvalue weighted by molar-refractivity contribution is 5.88. The Morgan fingerprint density at radius 1 is 1.21 bits per heavy atom. The van der Waals surface area contributed by atoms with Crippen LogP contribution in [-0.2, 0) is 9.59 Å². The van der Waals surface area contributed by atoms with Gasteiger partial charge in [0.1, 0.15) is 6.04 Å². The Morgan fingerprint density at radius 2 is 1.84 bits per heavy atom. The molecule has 0 saturated carbocycles. The van der Waals surface area contributed by atoms with Gasteiger partial charge in [-0.1, -0.05) is 50.6 Å². The quantitative estimate of drug-likeness (QED) is 0.794. The van der Waals surface area contributed by atoms with Crippen LogP contribution in [0.4, 0.5) is 0 Å². The first-order valence-corrected chi connectivity index (χ1v) is 6.68. The smallest absolute Gasteiger partial charge is 0.326 e. The second-order valence-corrected chi connectivity index (χ2v) is 4.56. The van der Waals surface area contributed by atoms with Crippen molar-refractivity contribution in [1.29, 1.82) is 0 Å². The Balaban J connectivity index is 2.76. The molecule has 0 radical (unpaired) electrons. The molecule has 0 fully saturated rings. The molecule has 4 nitrogen and oxygen atoms in total. The van der Waals surface area contributed by atoms with E-state index >= 15 is 0 Å². The van der Waals surface area contributed by atoms with Gasteiger partial charge in [-0.25, -0.2) is 4.79 Å². The highest BCUT2D eigenvalue weighted by Gasteiger charge is 2.24. The number of rotatable bonds is 7. The summed E-state index contributed by atoms with van der Waals surface area (Å²) in [6.07, 6.45) is 1.82. The van der Waals surface area contributed by atoms with Gasteiger partial charge in [0.2, 0.25) is 5.91 Å².